The zero-order chi connectivity index (χ0) is 67.5. The van der Waals surface area contributed by atoms with Gasteiger partial charge in [-0.15, -0.1) is 0 Å². The Morgan fingerprint density at radius 3 is 1.99 bits per heavy atom. The second kappa shape index (κ2) is 29.0. The number of aliphatic imine (C=N–C) groups is 4. The average Bonchev–Trinajstić information content (AvgIpc) is 1.63. The van der Waals surface area contributed by atoms with Crippen molar-refractivity contribution in [2.24, 2.45) is 43.3 Å². The van der Waals surface area contributed by atoms with E-state index in [1.54, 1.807) is 39.1 Å². The van der Waals surface area contributed by atoms with Crippen molar-refractivity contribution in [1.82, 2.24) is 30.2 Å². The second-order valence-corrected chi connectivity index (χ2v) is 24.6. The first-order chi connectivity index (χ1) is 46.2. The maximum absolute atomic E-state index is 15.6. The smallest absolute Gasteiger partial charge is 0.416 e. The van der Waals surface area contributed by atoms with Crippen molar-refractivity contribution < 1.29 is 37.0 Å². The lowest BCUT2D eigenvalue weighted by Gasteiger charge is -2.24. The van der Waals surface area contributed by atoms with Crippen LogP contribution in [-0.2, 0) is 48.0 Å². The molecule has 6 N–H and O–H groups in total. The molecule has 0 fully saturated rings. The molecule has 0 radical (unpaired) electrons. The first-order valence-corrected chi connectivity index (χ1v) is 31.8. The van der Waals surface area contributed by atoms with E-state index in [1.165, 1.54) is 25.9 Å². The van der Waals surface area contributed by atoms with Crippen LogP contribution < -0.4 is 36.4 Å². The van der Waals surface area contributed by atoms with Crippen LogP contribution in [-0.4, -0.2) is 120 Å². The summed E-state index contributed by atoms with van der Waals surface area (Å²) in [4.78, 5) is 64.0. The molecule has 8 heterocycles. The summed E-state index contributed by atoms with van der Waals surface area (Å²) in [6, 6.07) is 45.4. The number of rotatable bonds is 13. The number of amides is 2. The number of aromatic hydroxyl groups is 1. The van der Waals surface area contributed by atoms with E-state index in [0.29, 0.717) is 72.2 Å². The number of aromatic nitrogens is 3. The number of hydrogen-bond acceptors (Lipinski definition) is 17. The fraction of sp³-hybridized carbons (Fsp3) is 0.247. The minimum Gasteiger partial charge on any atom is -0.504 e. The van der Waals surface area contributed by atoms with Crippen LogP contribution in [0.2, 0.25) is 0 Å². The number of hydrogen-bond donors (Lipinski definition) is 4. The number of carbonyl (C=O) groups is 2. The lowest BCUT2D eigenvalue weighted by molar-refractivity contribution is -0.137. The molecule has 14 rings (SSSR count). The molecule has 97 heavy (non-hydrogen) atoms. The number of hydrazine groups is 1. The number of phenolic OH excluding ortho intramolecular Hbond substituents is 1. The summed E-state index contributed by atoms with van der Waals surface area (Å²) < 4.78 is 60.8. The largest absolute Gasteiger partial charge is 0.504 e. The molecule has 0 spiro atoms. The minimum absolute atomic E-state index is 0. The number of fused-ring (bicyclic) bond motifs is 4. The van der Waals surface area contributed by atoms with Crippen LogP contribution >= 0.6 is 15.9 Å². The molecule has 2 amide bonds. The van der Waals surface area contributed by atoms with E-state index in [4.69, 9.17) is 26.2 Å². The van der Waals surface area contributed by atoms with Gasteiger partial charge in [0.05, 0.1) is 48.7 Å². The lowest BCUT2D eigenvalue weighted by Crippen LogP contribution is -2.38. The van der Waals surface area contributed by atoms with E-state index in [1.807, 2.05) is 153 Å². The van der Waals surface area contributed by atoms with E-state index in [0.717, 1.165) is 90.0 Å². The first-order valence-electron chi connectivity index (χ1n) is 31.0. The Bertz CT molecular complexity index is 4490. The summed E-state index contributed by atoms with van der Waals surface area (Å²) in [5, 5.41) is 11.6. The van der Waals surface area contributed by atoms with E-state index < -0.39 is 24.1 Å². The van der Waals surface area contributed by atoms with Crippen molar-refractivity contribution in [1.29, 1.82) is 0 Å². The Morgan fingerprint density at radius 1 is 0.691 bits per heavy atom. The van der Waals surface area contributed by atoms with Crippen molar-refractivity contribution in [2.75, 3.05) is 56.2 Å². The first kappa shape index (κ1) is 68.1. The fourth-order valence-electron chi connectivity index (χ4n) is 12.5. The highest BCUT2D eigenvalue weighted by Crippen LogP contribution is 2.42. The molecule has 4 unspecified atom stereocenters. The predicted octanol–water partition coefficient (Wildman–Crippen LogP) is 11.8. The van der Waals surface area contributed by atoms with Crippen molar-refractivity contribution >= 4 is 80.6 Å². The van der Waals surface area contributed by atoms with Gasteiger partial charge in [-0.1, -0.05) is 102 Å². The van der Waals surface area contributed by atoms with Gasteiger partial charge in [0.15, 0.2) is 11.5 Å². The van der Waals surface area contributed by atoms with Gasteiger partial charge in [0, 0.05) is 103 Å². The molecule has 2 aromatic heterocycles. The van der Waals surface area contributed by atoms with E-state index in [2.05, 4.69) is 52.4 Å². The summed E-state index contributed by atoms with van der Waals surface area (Å²) in [5.41, 5.74) is 27.8. The maximum Gasteiger partial charge on any atom is 0.416 e. The Hall–Kier alpha value is -10.3. The van der Waals surface area contributed by atoms with Gasteiger partial charge in [-0.25, -0.2) is 29.8 Å². The monoisotopic (exact) mass is 1380 g/mol. The highest BCUT2D eigenvalue weighted by atomic mass is 79.9. The minimum atomic E-state index is -4.44. The van der Waals surface area contributed by atoms with Crippen molar-refractivity contribution in [3.05, 3.63) is 225 Å². The Kier molecular flexibility index (Phi) is 20.4. The van der Waals surface area contributed by atoms with Crippen LogP contribution in [0.4, 0.5) is 34.9 Å². The number of amidine groups is 2. The number of nitrogens with two attached hydrogens (primary N) is 2. The molecule has 24 heteroatoms. The maximum atomic E-state index is 15.6. The third-order valence-corrected chi connectivity index (χ3v) is 17.9. The van der Waals surface area contributed by atoms with Gasteiger partial charge in [0.25, 0.3) is 0 Å². The number of nitrogens with zero attached hydrogens (tertiary/aromatic N) is 12. The number of nitrogens with one attached hydrogen (secondary N) is 1. The Balaban J connectivity index is 0.000000147. The van der Waals surface area contributed by atoms with Gasteiger partial charge < -0.3 is 40.9 Å². The summed E-state index contributed by atoms with van der Waals surface area (Å²) in [6.45, 7) is 3.36. The number of aryl methyl sites for hydroxylation is 1. The molecule has 19 nitrogen and oxygen atoms in total. The molecule has 6 aliphatic heterocycles. The fourth-order valence-corrected chi connectivity index (χ4v) is 12.8. The molecule has 0 saturated heterocycles. The summed E-state index contributed by atoms with van der Waals surface area (Å²) >= 11 is 3.49. The van der Waals surface area contributed by atoms with Crippen molar-refractivity contribution in [2.45, 2.75) is 65.1 Å². The third kappa shape index (κ3) is 14.8. The molecule has 8 aromatic rings. The van der Waals surface area contributed by atoms with Gasteiger partial charge in [-0.05, 0) is 126 Å². The normalized spacial score (nSPS) is 17.8. The molecular formula is C73H72BrF4N15O4. The molecule has 0 aliphatic carbocycles. The Labute approximate surface area is 568 Å². The molecule has 0 bridgehead atoms. The van der Waals surface area contributed by atoms with E-state index in [-0.39, 0.29) is 55.5 Å². The van der Waals surface area contributed by atoms with Gasteiger partial charge in [0.1, 0.15) is 42.5 Å². The van der Waals surface area contributed by atoms with Crippen molar-refractivity contribution in [3.63, 3.8) is 0 Å². The highest BCUT2D eigenvalue weighted by molar-refractivity contribution is 9.10. The quantitative estimate of drug-likeness (QED) is 0.0622. The number of ether oxygens (including phenoxy) is 1. The number of methoxy groups -OCH3 is 1. The molecule has 4 atom stereocenters. The third-order valence-electron chi connectivity index (χ3n) is 17.3. The number of alkyl halides is 3. The van der Waals surface area contributed by atoms with Crippen LogP contribution in [0.5, 0.6) is 11.5 Å². The number of benzene rings is 6. The SMILES string of the molecule is C.CN1C=C(c2ccc3c(c2)CCN3C(=O)Cc2cccc(C(F)(F)F)c2)C2C1=NC=NC2N.COc1cc(CNN(C)c2nc(-c3ccccc3)cc(-c3ccc(Br)cc3)n2)ccc1O.Cc1cccc(CC(=O)N2CCc3c2ccc(C2=CN(C)C4=NC=NC(N)C24)c3F)n1. The summed E-state index contributed by atoms with van der Waals surface area (Å²) in [5.74, 6) is 1.70. The summed E-state index contributed by atoms with van der Waals surface area (Å²) in [6.07, 6.45) is 2.71. The Morgan fingerprint density at radius 2 is 1.31 bits per heavy atom. The predicted molar refractivity (Wildman–Crippen MR) is 376 cm³/mol. The van der Waals surface area contributed by atoms with Crippen LogP contribution in [0.1, 0.15) is 57.8 Å². The number of halogens is 5. The second-order valence-electron chi connectivity index (χ2n) is 23.7. The van der Waals surface area contributed by atoms with Gasteiger partial charge in [0.2, 0.25) is 17.8 Å². The molecule has 0 saturated carbocycles. The number of pyridine rings is 1. The van der Waals surface area contributed by atoms with Crippen molar-refractivity contribution in [3.8, 4) is 34.0 Å². The van der Waals surface area contributed by atoms with Crippen LogP contribution in [0, 0.1) is 24.6 Å². The van der Waals surface area contributed by atoms with Crippen LogP contribution in [0.3, 0.4) is 0 Å². The zero-order valence-corrected chi connectivity index (χ0v) is 54.7. The van der Waals surface area contributed by atoms with Gasteiger partial charge in [-0.2, -0.15) is 13.2 Å². The number of carbonyl (C=O) groups excluding carboxylic acids is 2. The number of anilines is 3. The lowest BCUT2D eigenvalue weighted by atomic mass is 9.90. The topological polar surface area (TPSA) is 232 Å². The molecule has 6 aromatic carbocycles. The number of phenols is 1. The average molecular weight is 1380 g/mol. The molecule has 498 valence electrons. The highest BCUT2D eigenvalue weighted by Gasteiger charge is 2.40. The zero-order valence-electron chi connectivity index (χ0n) is 53.1. The van der Waals surface area contributed by atoms with E-state index in [9.17, 15) is 27.9 Å². The molecule has 6 aliphatic rings. The van der Waals surface area contributed by atoms with Gasteiger partial charge in [-0.3, -0.25) is 29.6 Å². The van der Waals surface area contributed by atoms with Crippen LogP contribution in [0.15, 0.2) is 189 Å². The van der Waals surface area contributed by atoms with E-state index >= 15 is 4.39 Å². The standard InChI is InChI=1S/C25H23BrN4O2.C24H22F3N5O.C23H23FN6O.CH4/c1-30(27-16-17-8-13-23(31)24(14-17)32-2)25-28-21(18-6-4-3-5-7-18)15-22(29-25)19-9-11-20(26)12-10-19;1-31-12-18(21-22(28)29-13-30-23(21)31)15-5-6-19-16(11-15)7-8-32(19)20(33)10-14-3-2-4-17(9-14)24(25,26)27;1-13-4-3-5-14(28-13)10-19(31)30-9-8-16-18(30)7-6-15(21(16)24)17-11-29(2)23-20(17)22(25)26-12-27-23;/h3-15,27,31H,16H2,1-2H3;2-6,9,11-13,21-22H,7-8,10,28H2,1H3;3-7,11-12,20,22H,8-10,25H2,1-2H3;1H4. The summed E-state index contributed by atoms with van der Waals surface area (Å²) in [7, 11) is 7.21. The van der Waals surface area contributed by atoms with Gasteiger partial charge >= 0.3 is 6.18 Å². The molecular weight excluding hydrogens is 1310 g/mol. The van der Waals surface area contributed by atoms with Crippen LogP contribution in [0.25, 0.3) is 33.7 Å².